The average Bonchev–Trinajstić information content (AvgIpc) is 2.45. The Labute approximate surface area is 118 Å². The monoisotopic (exact) mass is 273 g/mol. The first kappa shape index (κ1) is 12.6. The van der Waals surface area contributed by atoms with E-state index in [9.17, 15) is 0 Å². The van der Waals surface area contributed by atoms with Crippen LogP contribution in [0.3, 0.4) is 0 Å². The summed E-state index contributed by atoms with van der Waals surface area (Å²) in [5.74, 6) is 0. The third-order valence-electron chi connectivity index (χ3n) is 3.86. The Morgan fingerprint density at radius 1 is 1.32 bits per heavy atom. The Hall–Kier alpha value is -1.42. The van der Waals surface area contributed by atoms with Gasteiger partial charge in [0.25, 0.3) is 0 Å². The number of pyridine rings is 2. The summed E-state index contributed by atoms with van der Waals surface area (Å²) in [6, 6.07) is 6.69. The standard InChI is InChI=1S/C15H19N3S/c1-11-10-12-6-5-9-16-14(12)18(15(11)19)17-13-7-3-2-4-8-13/h5-6,9-10,13,17H,2-4,7-8H2,1H3. The van der Waals surface area contributed by atoms with Crippen LogP contribution in [0.25, 0.3) is 11.0 Å². The lowest BCUT2D eigenvalue weighted by Crippen LogP contribution is -2.31. The van der Waals surface area contributed by atoms with Crippen LogP contribution in [0, 0.1) is 11.6 Å². The van der Waals surface area contributed by atoms with Crippen molar-refractivity contribution in [2.24, 2.45) is 0 Å². The Bertz CT molecular complexity index is 641. The van der Waals surface area contributed by atoms with E-state index >= 15 is 0 Å². The molecule has 0 atom stereocenters. The Morgan fingerprint density at radius 3 is 2.89 bits per heavy atom. The van der Waals surface area contributed by atoms with E-state index < -0.39 is 0 Å². The number of nitrogens with one attached hydrogen (secondary N) is 1. The van der Waals surface area contributed by atoms with Crippen LogP contribution < -0.4 is 5.43 Å². The summed E-state index contributed by atoms with van der Waals surface area (Å²) in [4.78, 5) is 4.48. The molecule has 1 N–H and O–H groups in total. The van der Waals surface area contributed by atoms with Crippen molar-refractivity contribution >= 4 is 23.3 Å². The van der Waals surface area contributed by atoms with Gasteiger partial charge >= 0.3 is 0 Å². The zero-order valence-corrected chi connectivity index (χ0v) is 12.0. The van der Waals surface area contributed by atoms with Gasteiger partial charge in [-0.05, 0) is 43.5 Å². The molecule has 0 spiro atoms. The molecular formula is C15H19N3S. The van der Waals surface area contributed by atoms with E-state index in [1.807, 2.05) is 16.9 Å². The second kappa shape index (κ2) is 5.29. The van der Waals surface area contributed by atoms with Gasteiger partial charge in [0.2, 0.25) is 0 Å². The number of rotatable bonds is 2. The summed E-state index contributed by atoms with van der Waals surface area (Å²) in [6.45, 7) is 2.06. The summed E-state index contributed by atoms with van der Waals surface area (Å²) in [5.41, 5.74) is 5.64. The summed E-state index contributed by atoms with van der Waals surface area (Å²) < 4.78 is 2.85. The quantitative estimate of drug-likeness (QED) is 0.840. The molecule has 0 unspecified atom stereocenters. The first-order chi connectivity index (χ1) is 9.25. The zero-order chi connectivity index (χ0) is 13.2. The third kappa shape index (κ3) is 2.50. The smallest absolute Gasteiger partial charge is 0.159 e. The molecule has 1 saturated carbocycles. The minimum absolute atomic E-state index is 0.521. The van der Waals surface area contributed by atoms with Crippen LogP contribution in [-0.4, -0.2) is 15.7 Å². The number of hydrogen-bond acceptors (Lipinski definition) is 3. The molecule has 0 amide bonds. The van der Waals surface area contributed by atoms with Crippen molar-refractivity contribution in [3.05, 3.63) is 34.6 Å². The number of hydrogen-bond donors (Lipinski definition) is 1. The van der Waals surface area contributed by atoms with E-state index in [4.69, 9.17) is 12.2 Å². The number of nitrogens with zero attached hydrogens (tertiary/aromatic N) is 2. The minimum Gasteiger partial charge on any atom is -0.320 e. The lowest BCUT2D eigenvalue weighted by molar-refractivity contribution is 0.439. The Morgan fingerprint density at radius 2 is 2.11 bits per heavy atom. The molecule has 0 aliphatic heterocycles. The van der Waals surface area contributed by atoms with Gasteiger partial charge in [-0.2, -0.15) is 0 Å². The predicted octanol–water partition coefficient (Wildman–Crippen LogP) is 3.95. The molecule has 0 saturated heterocycles. The van der Waals surface area contributed by atoms with Crippen molar-refractivity contribution in [1.82, 2.24) is 9.66 Å². The highest BCUT2D eigenvalue weighted by atomic mass is 32.1. The van der Waals surface area contributed by atoms with Gasteiger partial charge in [0.1, 0.15) is 4.64 Å². The lowest BCUT2D eigenvalue weighted by Gasteiger charge is -2.26. The second-order valence-electron chi connectivity index (χ2n) is 5.35. The molecule has 0 bridgehead atoms. The molecule has 19 heavy (non-hydrogen) atoms. The van der Waals surface area contributed by atoms with Crippen molar-refractivity contribution in [2.75, 3.05) is 5.43 Å². The average molecular weight is 273 g/mol. The van der Waals surface area contributed by atoms with Crippen molar-refractivity contribution in [3.8, 4) is 0 Å². The minimum atomic E-state index is 0.521. The van der Waals surface area contributed by atoms with Gasteiger partial charge in [0.05, 0.1) is 0 Å². The fraction of sp³-hybridized carbons (Fsp3) is 0.467. The highest BCUT2D eigenvalue weighted by molar-refractivity contribution is 7.71. The maximum atomic E-state index is 5.55. The fourth-order valence-corrected chi connectivity index (χ4v) is 3.01. The van der Waals surface area contributed by atoms with Gasteiger partial charge < -0.3 is 5.43 Å². The van der Waals surface area contributed by atoms with Crippen molar-refractivity contribution in [1.29, 1.82) is 0 Å². The summed E-state index contributed by atoms with van der Waals surface area (Å²) in [5, 5.41) is 1.14. The highest BCUT2D eigenvalue weighted by Gasteiger charge is 2.14. The van der Waals surface area contributed by atoms with E-state index in [1.54, 1.807) is 0 Å². The normalized spacial score (nSPS) is 16.7. The molecular weight excluding hydrogens is 254 g/mol. The van der Waals surface area contributed by atoms with Crippen LogP contribution in [0.1, 0.15) is 37.7 Å². The van der Waals surface area contributed by atoms with Crippen LogP contribution in [0.15, 0.2) is 24.4 Å². The zero-order valence-electron chi connectivity index (χ0n) is 11.2. The maximum absolute atomic E-state index is 5.55. The van der Waals surface area contributed by atoms with Gasteiger partial charge in [-0.1, -0.05) is 31.5 Å². The van der Waals surface area contributed by atoms with Crippen molar-refractivity contribution < 1.29 is 0 Å². The molecule has 2 heterocycles. The van der Waals surface area contributed by atoms with Crippen LogP contribution in [-0.2, 0) is 0 Å². The van der Waals surface area contributed by atoms with Crippen LogP contribution in [0.2, 0.25) is 0 Å². The number of aromatic nitrogens is 2. The summed E-state index contributed by atoms with van der Waals surface area (Å²) in [7, 11) is 0. The molecule has 0 radical (unpaired) electrons. The summed E-state index contributed by atoms with van der Waals surface area (Å²) >= 11 is 5.55. The van der Waals surface area contributed by atoms with Crippen LogP contribution in [0.4, 0.5) is 0 Å². The molecule has 100 valence electrons. The highest BCUT2D eigenvalue weighted by Crippen LogP contribution is 2.20. The number of fused-ring (bicyclic) bond motifs is 1. The van der Waals surface area contributed by atoms with Crippen LogP contribution >= 0.6 is 12.2 Å². The van der Waals surface area contributed by atoms with E-state index in [2.05, 4.69) is 29.5 Å². The molecule has 1 aliphatic rings. The lowest BCUT2D eigenvalue weighted by atomic mass is 9.96. The maximum Gasteiger partial charge on any atom is 0.159 e. The second-order valence-corrected chi connectivity index (χ2v) is 5.73. The molecule has 2 aromatic rings. The van der Waals surface area contributed by atoms with Crippen LogP contribution in [0.5, 0.6) is 0 Å². The molecule has 3 rings (SSSR count). The Kier molecular flexibility index (Phi) is 3.51. The molecule has 2 aromatic heterocycles. The SMILES string of the molecule is Cc1cc2cccnc2n(NC2CCCCC2)c1=S. The van der Waals surface area contributed by atoms with E-state index in [0.29, 0.717) is 6.04 Å². The van der Waals surface area contributed by atoms with Crippen molar-refractivity contribution in [2.45, 2.75) is 45.1 Å². The molecule has 3 nitrogen and oxygen atoms in total. The predicted molar refractivity (Wildman–Crippen MR) is 81.5 cm³/mol. The van der Waals surface area contributed by atoms with Gasteiger partial charge in [-0.3, -0.25) is 0 Å². The van der Waals surface area contributed by atoms with E-state index in [1.165, 1.54) is 32.1 Å². The number of aryl methyl sites for hydroxylation is 1. The third-order valence-corrected chi connectivity index (χ3v) is 4.36. The van der Waals surface area contributed by atoms with Gasteiger partial charge in [0.15, 0.2) is 5.65 Å². The van der Waals surface area contributed by atoms with Gasteiger partial charge in [0, 0.05) is 17.6 Å². The van der Waals surface area contributed by atoms with E-state index in [-0.39, 0.29) is 0 Å². The summed E-state index contributed by atoms with van der Waals surface area (Å²) in [6.07, 6.45) is 8.25. The molecule has 1 aliphatic carbocycles. The molecule has 4 heteroatoms. The van der Waals surface area contributed by atoms with Crippen molar-refractivity contribution in [3.63, 3.8) is 0 Å². The first-order valence-corrected chi connectivity index (χ1v) is 7.40. The first-order valence-electron chi connectivity index (χ1n) is 6.99. The Balaban J connectivity index is 2.05. The van der Waals surface area contributed by atoms with Gasteiger partial charge in [-0.15, -0.1) is 0 Å². The molecule has 0 aromatic carbocycles. The molecule has 1 fully saturated rings. The van der Waals surface area contributed by atoms with Gasteiger partial charge in [-0.25, -0.2) is 9.66 Å². The van der Waals surface area contributed by atoms with E-state index in [0.717, 1.165) is 21.2 Å². The fourth-order valence-electron chi connectivity index (χ4n) is 2.81. The topological polar surface area (TPSA) is 29.9 Å². The largest absolute Gasteiger partial charge is 0.320 e.